The molecule has 4 nitrogen and oxygen atoms in total. The van der Waals surface area contributed by atoms with E-state index in [-0.39, 0.29) is 11.7 Å². The molecule has 1 fully saturated rings. The molecule has 19 heavy (non-hydrogen) atoms. The molecule has 2 heterocycles. The highest BCUT2D eigenvalue weighted by Crippen LogP contribution is 2.26. The van der Waals surface area contributed by atoms with Gasteiger partial charge in [-0.15, -0.1) is 11.3 Å². The molecule has 1 aliphatic rings. The molecular formula is C13H14N2O2S2. The summed E-state index contributed by atoms with van der Waals surface area (Å²) in [6, 6.07) is 5.00. The zero-order valence-corrected chi connectivity index (χ0v) is 12.0. The Balaban J connectivity index is 1.88. The average molecular weight is 294 g/mol. The molecule has 1 aromatic heterocycles. The van der Waals surface area contributed by atoms with Gasteiger partial charge in [-0.05, 0) is 30.4 Å². The van der Waals surface area contributed by atoms with E-state index in [1.807, 2.05) is 16.7 Å². The fourth-order valence-electron chi connectivity index (χ4n) is 2.09. The van der Waals surface area contributed by atoms with Crippen LogP contribution in [0.5, 0.6) is 5.75 Å². The maximum Gasteiger partial charge on any atom is 0.282 e. The van der Waals surface area contributed by atoms with Crippen molar-refractivity contribution in [3.05, 3.63) is 23.2 Å². The summed E-state index contributed by atoms with van der Waals surface area (Å²) in [5, 5.41) is 9.97. The summed E-state index contributed by atoms with van der Waals surface area (Å²) in [5.74, 6) is 2.35. The van der Waals surface area contributed by atoms with E-state index >= 15 is 0 Å². The van der Waals surface area contributed by atoms with Crippen LogP contribution in [0.1, 0.15) is 16.2 Å². The number of thioether (sulfide) groups is 1. The van der Waals surface area contributed by atoms with Crippen molar-refractivity contribution in [1.82, 2.24) is 9.88 Å². The van der Waals surface area contributed by atoms with E-state index in [9.17, 15) is 9.90 Å². The van der Waals surface area contributed by atoms with Gasteiger partial charge in [0.2, 0.25) is 0 Å². The van der Waals surface area contributed by atoms with Crippen LogP contribution >= 0.6 is 23.1 Å². The van der Waals surface area contributed by atoms with Crippen LogP contribution in [0.15, 0.2) is 18.2 Å². The van der Waals surface area contributed by atoms with Gasteiger partial charge in [0.1, 0.15) is 5.75 Å². The second-order valence-electron chi connectivity index (χ2n) is 4.43. The van der Waals surface area contributed by atoms with Crippen LogP contribution in [0.4, 0.5) is 0 Å². The van der Waals surface area contributed by atoms with Gasteiger partial charge in [0, 0.05) is 18.8 Å². The van der Waals surface area contributed by atoms with Gasteiger partial charge in [-0.2, -0.15) is 11.8 Å². The van der Waals surface area contributed by atoms with Gasteiger partial charge in [0.25, 0.3) is 5.91 Å². The summed E-state index contributed by atoms with van der Waals surface area (Å²) in [7, 11) is 0. The fourth-order valence-corrected chi connectivity index (χ4v) is 3.94. The topological polar surface area (TPSA) is 53.4 Å². The van der Waals surface area contributed by atoms with E-state index < -0.39 is 0 Å². The van der Waals surface area contributed by atoms with Crippen LogP contribution in [0.25, 0.3) is 10.2 Å². The molecule has 0 atom stereocenters. The molecule has 1 aliphatic heterocycles. The first-order chi connectivity index (χ1) is 9.24. The van der Waals surface area contributed by atoms with Crippen LogP contribution in [-0.2, 0) is 0 Å². The third-order valence-electron chi connectivity index (χ3n) is 3.06. The number of aromatic nitrogens is 1. The zero-order chi connectivity index (χ0) is 13.2. The first-order valence-electron chi connectivity index (χ1n) is 6.20. The van der Waals surface area contributed by atoms with Crippen molar-refractivity contribution in [2.75, 3.05) is 24.6 Å². The molecule has 100 valence electrons. The molecule has 0 radical (unpaired) electrons. The number of thiazole rings is 1. The third kappa shape index (κ3) is 2.69. The molecule has 1 N–H and O–H groups in total. The second kappa shape index (κ2) is 5.38. The molecule has 0 bridgehead atoms. The quantitative estimate of drug-likeness (QED) is 0.878. The van der Waals surface area contributed by atoms with E-state index in [1.54, 1.807) is 18.2 Å². The molecule has 0 saturated carbocycles. The van der Waals surface area contributed by atoms with Crippen molar-refractivity contribution >= 4 is 39.2 Å². The second-order valence-corrected chi connectivity index (χ2v) is 6.68. The Morgan fingerprint density at radius 3 is 3.11 bits per heavy atom. The van der Waals surface area contributed by atoms with Gasteiger partial charge < -0.3 is 10.0 Å². The molecule has 0 aliphatic carbocycles. The summed E-state index contributed by atoms with van der Waals surface area (Å²) in [6.45, 7) is 1.61. The van der Waals surface area contributed by atoms with Gasteiger partial charge in [0.05, 0.1) is 10.2 Å². The van der Waals surface area contributed by atoms with Crippen LogP contribution in [-0.4, -0.2) is 45.5 Å². The number of carbonyl (C=O) groups excluding carboxylic acids is 1. The van der Waals surface area contributed by atoms with E-state index in [0.717, 1.165) is 41.2 Å². The highest BCUT2D eigenvalue weighted by atomic mass is 32.2. The number of carbonyl (C=O) groups is 1. The number of hydrogen-bond donors (Lipinski definition) is 1. The highest BCUT2D eigenvalue weighted by molar-refractivity contribution is 7.99. The Hall–Kier alpha value is -1.27. The van der Waals surface area contributed by atoms with Crippen molar-refractivity contribution in [3.63, 3.8) is 0 Å². The average Bonchev–Trinajstić information content (AvgIpc) is 2.64. The highest BCUT2D eigenvalue weighted by Gasteiger charge is 2.20. The van der Waals surface area contributed by atoms with Crippen molar-refractivity contribution in [2.45, 2.75) is 6.42 Å². The Morgan fingerprint density at radius 1 is 1.32 bits per heavy atom. The Morgan fingerprint density at radius 2 is 2.21 bits per heavy atom. The maximum atomic E-state index is 12.4. The molecular weight excluding hydrogens is 280 g/mol. The standard InChI is InChI=1S/C13H14N2O2S2/c16-9-2-3-10-11(8-9)19-12(14-10)13(17)15-4-1-6-18-7-5-15/h2-3,8,16H,1,4-7H2. The molecule has 6 heteroatoms. The smallest absolute Gasteiger partial charge is 0.282 e. The number of fused-ring (bicyclic) bond motifs is 1. The summed E-state index contributed by atoms with van der Waals surface area (Å²) in [6.07, 6.45) is 1.04. The van der Waals surface area contributed by atoms with Crippen molar-refractivity contribution in [1.29, 1.82) is 0 Å². The molecule has 3 rings (SSSR count). The van der Waals surface area contributed by atoms with Crippen molar-refractivity contribution in [3.8, 4) is 5.75 Å². The Labute approximate surface area is 119 Å². The lowest BCUT2D eigenvalue weighted by Gasteiger charge is -2.18. The van der Waals surface area contributed by atoms with Gasteiger partial charge in [-0.3, -0.25) is 4.79 Å². The number of phenolic OH excluding ortho intramolecular Hbond substituents is 1. The van der Waals surface area contributed by atoms with E-state index in [2.05, 4.69) is 4.98 Å². The van der Waals surface area contributed by atoms with Gasteiger partial charge in [0.15, 0.2) is 5.01 Å². The van der Waals surface area contributed by atoms with Crippen LogP contribution in [0.2, 0.25) is 0 Å². The summed E-state index contributed by atoms with van der Waals surface area (Å²) in [5.41, 5.74) is 0.773. The van der Waals surface area contributed by atoms with E-state index in [4.69, 9.17) is 0 Å². The first-order valence-corrected chi connectivity index (χ1v) is 8.18. The van der Waals surface area contributed by atoms with Crippen LogP contribution in [0.3, 0.4) is 0 Å². The number of hydrogen-bond acceptors (Lipinski definition) is 5. The van der Waals surface area contributed by atoms with Crippen LogP contribution < -0.4 is 0 Å². The summed E-state index contributed by atoms with van der Waals surface area (Å²) >= 11 is 3.25. The number of phenols is 1. The molecule has 2 aromatic rings. The molecule has 1 saturated heterocycles. The molecule has 0 spiro atoms. The lowest BCUT2D eigenvalue weighted by Crippen LogP contribution is -2.32. The van der Waals surface area contributed by atoms with E-state index in [0.29, 0.717) is 5.01 Å². The minimum absolute atomic E-state index is 0.0168. The molecule has 0 unspecified atom stereocenters. The summed E-state index contributed by atoms with van der Waals surface area (Å²) < 4.78 is 0.854. The number of amides is 1. The van der Waals surface area contributed by atoms with Crippen molar-refractivity contribution in [2.24, 2.45) is 0 Å². The fraction of sp³-hybridized carbons (Fsp3) is 0.385. The lowest BCUT2D eigenvalue weighted by atomic mass is 10.3. The SMILES string of the molecule is O=C(c1nc2ccc(O)cc2s1)N1CCCSCC1. The minimum Gasteiger partial charge on any atom is -0.508 e. The predicted molar refractivity (Wildman–Crippen MR) is 79.1 cm³/mol. The Bertz CT molecular complexity index is 604. The number of rotatable bonds is 1. The minimum atomic E-state index is 0.0168. The third-order valence-corrected chi connectivity index (χ3v) is 5.12. The predicted octanol–water partition coefficient (Wildman–Crippen LogP) is 2.58. The van der Waals surface area contributed by atoms with Gasteiger partial charge in [-0.25, -0.2) is 4.98 Å². The molecule has 1 amide bonds. The summed E-state index contributed by atoms with van der Waals surface area (Å²) in [4.78, 5) is 18.7. The number of benzene rings is 1. The van der Waals surface area contributed by atoms with Gasteiger partial charge >= 0.3 is 0 Å². The monoisotopic (exact) mass is 294 g/mol. The maximum absolute atomic E-state index is 12.4. The first kappa shape index (κ1) is 12.7. The van der Waals surface area contributed by atoms with E-state index in [1.165, 1.54) is 11.3 Å². The lowest BCUT2D eigenvalue weighted by molar-refractivity contribution is 0.0768. The number of nitrogens with zero attached hydrogens (tertiary/aromatic N) is 2. The van der Waals surface area contributed by atoms with Gasteiger partial charge in [-0.1, -0.05) is 0 Å². The Kier molecular flexibility index (Phi) is 3.61. The zero-order valence-electron chi connectivity index (χ0n) is 10.3. The largest absolute Gasteiger partial charge is 0.508 e. The number of aromatic hydroxyl groups is 1. The van der Waals surface area contributed by atoms with Crippen LogP contribution in [0, 0.1) is 0 Å². The normalized spacial score (nSPS) is 16.5. The van der Waals surface area contributed by atoms with Crippen molar-refractivity contribution < 1.29 is 9.90 Å². The molecule has 1 aromatic carbocycles.